The predicted octanol–water partition coefficient (Wildman–Crippen LogP) is 3.27. The quantitative estimate of drug-likeness (QED) is 0.410. The normalized spacial score (nSPS) is 19.1. The molecule has 1 aliphatic heterocycles. The molecule has 1 fully saturated rings. The second-order valence-electron chi connectivity index (χ2n) is 9.29. The van der Waals surface area contributed by atoms with E-state index < -0.39 is 24.5 Å². The van der Waals surface area contributed by atoms with Crippen LogP contribution in [0, 0.1) is 0 Å². The van der Waals surface area contributed by atoms with Crippen molar-refractivity contribution in [2.45, 2.75) is 43.9 Å². The van der Waals surface area contributed by atoms with Crippen LogP contribution in [0.3, 0.4) is 0 Å². The molecule has 2 N–H and O–H groups in total. The second-order valence-corrected chi connectivity index (χ2v) is 9.29. The first-order valence-electron chi connectivity index (χ1n) is 11.8. The fourth-order valence-electron chi connectivity index (χ4n) is 4.32. The highest BCUT2D eigenvalue weighted by molar-refractivity contribution is 5.94. The number of aliphatic hydroxyl groups is 1. The lowest BCUT2D eigenvalue weighted by Gasteiger charge is -2.33. The maximum Gasteiger partial charge on any atom is 0.273 e. The number of hydrogen-bond donors (Lipinski definition) is 2. The topological polar surface area (TPSA) is 123 Å². The van der Waals surface area contributed by atoms with E-state index in [2.05, 4.69) is 20.3 Å². The van der Waals surface area contributed by atoms with E-state index in [9.17, 15) is 18.7 Å². The first-order chi connectivity index (χ1) is 17.9. The number of halogens is 2. The molecule has 0 saturated heterocycles. The zero-order valence-corrected chi connectivity index (χ0v) is 19.6. The molecule has 1 atom stereocenters. The van der Waals surface area contributed by atoms with Crippen molar-refractivity contribution in [3.05, 3.63) is 77.3 Å². The van der Waals surface area contributed by atoms with E-state index >= 15 is 0 Å². The van der Waals surface area contributed by atoms with Gasteiger partial charge in [-0.1, -0.05) is 0 Å². The van der Waals surface area contributed by atoms with Crippen molar-refractivity contribution in [1.82, 2.24) is 30.2 Å². The molecule has 1 aliphatic carbocycles. The Morgan fingerprint density at radius 3 is 2.78 bits per heavy atom. The lowest BCUT2D eigenvalue weighted by molar-refractivity contribution is -0.157. The van der Waals surface area contributed by atoms with E-state index in [1.807, 2.05) is 12.1 Å². The summed E-state index contributed by atoms with van der Waals surface area (Å²) in [6, 6.07) is 6.80. The molecule has 11 heteroatoms. The van der Waals surface area contributed by atoms with Crippen LogP contribution in [0.25, 0.3) is 22.3 Å². The van der Waals surface area contributed by atoms with Crippen LogP contribution in [-0.2, 0) is 23.5 Å². The number of hydrogen-bond acceptors (Lipinski definition) is 8. The number of aromatic nitrogens is 5. The smallest absolute Gasteiger partial charge is 0.273 e. The van der Waals surface area contributed by atoms with Crippen molar-refractivity contribution in [3.63, 3.8) is 0 Å². The highest BCUT2D eigenvalue weighted by Crippen LogP contribution is 2.39. The molecular formula is C26H22F2N6O3. The highest BCUT2D eigenvalue weighted by atomic mass is 19.3. The fourth-order valence-corrected chi connectivity index (χ4v) is 4.32. The Kier molecular flexibility index (Phi) is 5.81. The van der Waals surface area contributed by atoms with E-state index in [0.717, 1.165) is 23.9 Å². The average molecular weight is 504 g/mol. The van der Waals surface area contributed by atoms with Gasteiger partial charge in [-0.15, -0.1) is 0 Å². The van der Waals surface area contributed by atoms with Gasteiger partial charge in [-0.25, -0.2) is 18.7 Å². The Hall–Kier alpha value is -3.96. The molecule has 1 amide bonds. The van der Waals surface area contributed by atoms with Crippen molar-refractivity contribution in [2.75, 3.05) is 6.61 Å². The number of nitrogens with one attached hydrogen (secondary N) is 1. The summed E-state index contributed by atoms with van der Waals surface area (Å²) >= 11 is 0. The third-order valence-electron chi connectivity index (χ3n) is 6.59. The number of pyridine rings is 3. The Bertz CT molecular complexity index is 1510. The van der Waals surface area contributed by atoms with Gasteiger partial charge < -0.3 is 15.2 Å². The molecule has 0 aromatic carbocycles. The summed E-state index contributed by atoms with van der Waals surface area (Å²) in [5.74, 6) is -0.0516. The summed E-state index contributed by atoms with van der Waals surface area (Å²) in [5, 5.41) is 13.9. The van der Waals surface area contributed by atoms with Gasteiger partial charge in [0.15, 0.2) is 5.60 Å². The van der Waals surface area contributed by atoms with Crippen LogP contribution in [0.4, 0.5) is 8.78 Å². The summed E-state index contributed by atoms with van der Waals surface area (Å²) in [6.45, 7) is -0.507. The number of alkyl halides is 2. The molecule has 0 spiro atoms. The lowest BCUT2D eigenvalue weighted by Crippen LogP contribution is -2.43. The van der Waals surface area contributed by atoms with E-state index in [-0.39, 0.29) is 30.0 Å². The first kappa shape index (κ1) is 23.4. The summed E-state index contributed by atoms with van der Waals surface area (Å²) in [6.07, 6.45) is 5.60. The van der Waals surface area contributed by atoms with Crippen molar-refractivity contribution >= 4 is 16.8 Å². The van der Waals surface area contributed by atoms with Crippen LogP contribution < -0.4 is 5.32 Å². The molecule has 2 aliphatic rings. The molecule has 5 heterocycles. The average Bonchev–Trinajstić information content (AvgIpc) is 3.77. The van der Waals surface area contributed by atoms with Crippen LogP contribution in [0.2, 0.25) is 0 Å². The number of carbonyl (C=O) groups is 1. The van der Waals surface area contributed by atoms with Gasteiger partial charge >= 0.3 is 0 Å². The summed E-state index contributed by atoms with van der Waals surface area (Å²) in [7, 11) is 0. The molecule has 0 radical (unpaired) electrons. The summed E-state index contributed by atoms with van der Waals surface area (Å²) in [4.78, 5) is 34.9. The molecule has 4 aromatic rings. The van der Waals surface area contributed by atoms with Gasteiger partial charge in [-0.2, -0.15) is 0 Å². The van der Waals surface area contributed by atoms with Gasteiger partial charge in [0.05, 0.1) is 59.8 Å². The number of fused-ring (bicyclic) bond motifs is 2. The van der Waals surface area contributed by atoms with Gasteiger partial charge in [0.1, 0.15) is 5.69 Å². The largest absolute Gasteiger partial charge is 0.377 e. The minimum absolute atomic E-state index is 0.0152. The Labute approximate surface area is 210 Å². The molecule has 0 bridgehead atoms. The van der Waals surface area contributed by atoms with Crippen molar-refractivity contribution in [2.24, 2.45) is 0 Å². The van der Waals surface area contributed by atoms with E-state index in [1.165, 1.54) is 12.3 Å². The predicted molar refractivity (Wildman–Crippen MR) is 128 cm³/mol. The Morgan fingerprint density at radius 1 is 1.11 bits per heavy atom. The van der Waals surface area contributed by atoms with E-state index in [1.54, 1.807) is 24.7 Å². The van der Waals surface area contributed by atoms with Crippen LogP contribution in [-0.4, -0.2) is 49.0 Å². The third kappa shape index (κ3) is 4.51. The standard InChI is InChI=1S/C26H22F2N6O3/c27-25(28)26(36)13-37-12-23-18(26)5-16(8-31-23)24(35)32-9-17-6-20-15(7-30-17)3-4-19(33-20)22-11-29-10-21(34-22)14-1-2-14/h3-8,10-11,14,25,36H,1-2,9,12-13H2,(H,32,35). The number of rotatable bonds is 6. The fraction of sp³-hybridized carbons (Fsp3) is 0.308. The molecule has 4 aromatic heterocycles. The van der Waals surface area contributed by atoms with Gasteiger partial charge in [0.2, 0.25) is 0 Å². The van der Waals surface area contributed by atoms with Crippen molar-refractivity contribution in [3.8, 4) is 11.4 Å². The molecule has 6 rings (SSSR count). The highest BCUT2D eigenvalue weighted by Gasteiger charge is 2.45. The molecular weight excluding hydrogens is 482 g/mol. The number of carbonyl (C=O) groups excluding carboxylic acids is 1. The van der Waals surface area contributed by atoms with Crippen LogP contribution in [0.1, 0.15) is 51.8 Å². The van der Waals surface area contributed by atoms with Gasteiger partial charge in [0, 0.05) is 35.5 Å². The van der Waals surface area contributed by atoms with Gasteiger partial charge in [0.25, 0.3) is 12.3 Å². The van der Waals surface area contributed by atoms with Crippen LogP contribution >= 0.6 is 0 Å². The maximum absolute atomic E-state index is 13.5. The minimum atomic E-state index is -3.09. The van der Waals surface area contributed by atoms with Gasteiger partial charge in [-0.3, -0.25) is 19.7 Å². The second kappa shape index (κ2) is 9.16. The first-order valence-corrected chi connectivity index (χ1v) is 11.8. The Balaban J connectivity index is 1.20. The number of amides is 1. The summed E-state index contributed by atoms with van der Waals surface area (Å²) < 4.78 is 32.1. The molecule has 37 heavy (non-hydrogen) atoms. The molecule has 1 unspecified atom stereocenters. The van der Waals surface area contributed by atoms with Crippen LogP contribution in [0.5, 0.6) is 0 Å². The summed E-state index contributed by atoms with van der Waals surface area (Å²) in [5.41, 5.74) is 1.24. The zero-order valence-electron chi connectivity index (χ0n) is 19.6. The van der Waals surface area contributed by atoms with E-state index in [0.29, 0.717) is 28.5 Å². The molecule has 1 saturated carbocycles. The lowest BCUT2D eigenvalue weighted by atomic mass is 9.90. The number of nitrogens with zero attached hydrogens (tertiary/aromatic N) is 5. The molecule has 188 valence electrons. The van der Waals surface area contributed by atoms with Crippen LogP contribution in [0.15, 0.2) is 49.1 Å². The monoisotopic (exact) mass is 504 g/mol. The Morgan fingerprint density at radius 2 is 1.97 bits per heavy atom. The zero-order chi connectivity index (χ0) is 25.6. The van der Waals surface area contributed by atoms with Gasteiger partial charge in [-0.05, 0) is 37.1 Å². The number of ether oxygens (including phenoxy) is 1. The van der Waals surface area contributed by atoms with E-state index in [4.69, 9.17) is 14.7 Å². The SMILES string of the molecule is O=C(NCc1cc2nc(-c3cncc(C4CC4)n3)ccc2cn1)c1cnc2c(c1)C(O)(C(F)F)COC2. The molecule has 9 nitrogen and oxygen atoms in total. The van der Waals surface area contributed by atoms with Crippen molar-refractivity contribution < 1.29 is 23.4 Å². The third-order valence-corrected chi connectivity index (χ3v) is 6.59. The minimum Gasteiger partial charge on any atom is -0.377 e. The maximum atomic E-state index is 13.5. The van der Waals surface area contributed by atoms with Crippen molar-refractivity contribution in [1.29, 1.82) is 0 Å².